The van der Waals surface area contributed by atoms with Crippen LogP contribution in [0.3, 0.4) is 0 Å². The van der Waals surface area contributed by atoms with Gasteiger partial charge in [0, 0.05) is 20.5 Å². The molecule has 6 heteroatoms. The molecule has 0 heterocycles. The molecule has 0 aliphatic carbocycles. The largest absolute Gasteiger partial charge is 0.179 e. The highest BCUT2D eigenvalue weighted by Gasteiger charge is 2.46. The average Bonchev–Trinajstić information content (AvgIpc) is 3.03. The van der Waals surface area contributed by atoms with Crippen molar-refractivity contribution in [1.29, 1.82) is 0 Å². The van der Waals surface area contributed by atoms with Crippen molar-refractivity contribution in [2.75, 3.05) is 17.3 Å². The first kappa shape index (κ1) is 40.7. The normalized spacial score (nSPS) is 14.4. The quantitative estimate of drug-likeness (QED) is 0.0386. The molecule has 0 aromatic heterocycles. The second kappa shape index (κ2) is 25.5. The fourth-order valence-electron chi connectivity index (χ4n) is 7.08. The van der Waals surface area contributed by atoms with Crippen LogP contribution in [-0.4, -0.2) is 17.3 Å². The van der Waals surface area contributed by atoms with E-state index in [2.05, 4.69) is 73.8 Å². The Kier molecular flexibility index (Phi) is 23.6. The fraction of sp³-hybridized carbons (Fsp3) is 0.684. The molecule has 2 aromatic rings. The van der Waals surface area contributed by atoms with Gasteiger partial charge in [-0.15, -0.1) is 25.3 Å². The Labute approximate surface area is 305 Å². The minimum atomic E-state index is -0.122. The molecule has 0 aliphatic heterocycles. The van der Waals surface area contributed by atoms with Crippen LogP contribution in [0.25, 0.3) is 0 Å². The van der Waals surface area contributed by atoms with Crippen molar-refractivity contribution >= 4 is 75.8 Å². The first-order valence-corrected chi connectivity index (χ1v) is 20.9. The number of thiol groups is 6. The summed E-state index contributed by atoms with van der Waals surface area (Å²) < 4.78 is 0. The lowest BCUT2D eigenvalue weighted by Gasteiger charge is -2.47. The maximum Gasteiger partial charge on any atom is 0.0377 e. The van der Waals surface area contributed by atoms with Gasteiger partial charge in [0.2, 0.25) is 0 Å². The second-order valence-electron chi connectivity index (χ2n) is 12.7. The van der Waals surface area contributed by atoms with Crippen molar-refractivity contribution in [3.63, 3.8) is 0 Å². The molecule has 0 N–H and O–H groups in total. The van der Waals surface area contributed by atoms with E-state index in [0.717, 1.165) is 39.9 Å². The fourth-order valence-corrected chi connectivity index (χ4v) is 9.17. The molecule has 0 saturated heterocycles. The molecule has 0 spiro atoms. The number of hydrogen-bond donors (Lipinski definition) is 6. The summed E-state index contributed by atoms with van der Waals surface area (Å²) in [6.45, 7) is 0. The lowest BCUT2D eigenvalue weighted by Crippen LogP contribution is -2.40. The molecule has 0 aliphatic rings. The third-order valence-corrected chi connectivity index (χ3v) is 12.0. The van der Waals surface area contributed by atoms with E-state index in [0.29, 0.717) is 5.92 Å². The standard InChI is InChI=1S/C38H62S6/c39-29-19-11-7-3-1-5-9-13-22-32(23-21-31-41)38(34-25-15-17-27-36(34)43,37(44)33-24-14-16-26-35(33)42)28-18-10-6-2-4-8-12-20-30-40/h14-17,24-27,32,37,39-44H,1-13,18-23,28-31H2. The Hall–Kier alpha value is 0.540. The monoisotopic (exact) mass is 710 g/mol. The molecule has 0 saturated carbocycles. The van der Waals surface area contributed by atoms with Crippen LogP contribution in [0.2, 0.25) is 0 Å². The van der Waals surface area contributed by atoms with Gasteiger partial charge in [-0.1, -0.05) is 126 Å². The predicted molar refractivity (Wildman–Crippen MR) is 218 cm³/mol. The topological polar surface area (TPSA) is 0 Å². The van der Waals surface area contributed by atoms with Crippen LogP contribution in [0.5, 0.6) is 0 Å². The van der Waals surface area contributed by atoms with Crippen molar-refractivity contribution in [1.82, 2.24) is 0 Å². The Bertz CT molecular complexity index is 981. The number of benzene rings is 2. The van der Waals surface area contributed by atoms with Crippen molar-refractivity contribution in [3.8, 4) is 0 Å². The van der Waals surface area contributed by atoms with E-state index in [4.69, 9.17) is 50.5 Å². The number of rotatable bonds is 27. The molecule has 250 valence electrons. The molecular formula is C38H62S6. The molecular weight excluding hydrogens is 649 g/mol. The third-order valence-electron chi connectivity index (χ3n) is 9.52. The summed E-state index contributed by atoms with van der Waals surface area (Å²) in [6, 6.07) is 17.5. The summed E-state index contributed by atoms with van der Waals surface area (Å²) >= 11 is 29.1. The van der Waals surface area contributed by atoms with E-state index in [-0.39, 0.29) is 10.7 Å². The van der Waals surface area contributed by atoms with Crippen LogP contribution < -0.4 is 0 Å². The Morgan fingerprint density at radius 2 is 0.909 bits per heavy atom. The molecule has 0 amide bonds. The maximum absolute atomic E-state index is 5.59. The number of hydrogen-bond acceptors (Lipinski definition) is 6. The van der Waals surface area contributed by atoms with Gasteiger partial charge in [0.1, 0.15) is 0 Å². The Morgan fingerprint density at radius 1 is 0.477 bits per heavy atom. The molecule has 0 nitrogen and oxygen atoms in total. The molecule has 0 bridgehead atoms. The van der Waals surface area contributed by atoms with Crippen LogP contribution in [-0.2, 0) is 5.41 Å². The van der Waals surface area contributed by atoms with Gasteiger partial charge in [-0.3, -0.25) is 0 Å². The van der Waals surface area contributed by atoms with E-state index in [1.807, 2.05) is 0 Å². The minimum Gasteiger partial charge on any atom is -0.179 e. The van der Waals surface area contributed by atoms with Gasteiger partial charge in [-0.2, -0.15) is 50.5 Å². The van der Waals surface area contributed by atoms with Gasteiger partial charge >= 0.3 is 0 Å². The average molecular weight is 711 g/mol. The molecule has 2 aromatic carbocycles. The predicted octanol–water partition coefficient (Wildman–Crippen LogP) is 13.4. The highest BCUT2D eigenvalue weighted by molar-refractivity contribution is 7.81. The Morgan fingerprint density at radius 3 is 1.43 bits per heavy atom. The third kappa shape index (κ3) is 14.3. The van der Waals surface area contributed by atoms with Gasteiger partial charge < -0.3 is 0 Å². The van der Waals surface area contributed by atoms with Gasteiger partial charge in [0.25, 0.3) is 0 Å². The lowest BCUT2D eigenvalue weighted by atomic mass is 9.61. The summed E-state index contributed by atoms with van der Waals surface area (Å²) in [5.74, 6) is 3.47. The molecule has 3 unspecified atom stereocenters. The van der Waals surface area contributed by atoms with Gasteiger partial charge in [-0.25, -0.2) is 0 Å². The molecule has 3 atom stereocenters. The maximum atomic E-state index is 5.59. The van der Waals surface area contributed by atoms with Crippen LogP contribution in [0.1, 0.15) is 145 Å². The Balaban J connectivity index is 2.32. The van der Waals surface area contributed by atoms with Gasteiger partial charge in [0.05, 0.1) is 0 Å². The van der Waals surface area contributed by atoms with Crippen molar-refractivity contribution in [2.24, 2.45) is 5.92 Å². The van der Waals surface area contributed by atoms with Gasteiger partial charge in [0.15, 0.2) is 0 Å². The van der Waals surface area contributed by atoms with E-state index in [1.54, 1.807) is 0 Å². The van der Waals surface area contributed by atoms with E-state index >= 15 is 0 Å². The van der Waals surface area contributed by atoms with Gasteiger partial charge in [-0.05, 0) is 85.0 Å². The minimum absolute atomic E-state index is 0.0440. The molecule has 2 rings (SSSR count). The molecule has 44 heavy (non-hydrogen) atoms. The highest BCUT2D eigenvalue weighted by Crippen LogP contribution is 2.55. The zero-order chi connectivity index (χ0) is 31.9. The summed E-state index contributed by atoms with van der Waals surface area (Å²) in [5.41, 5.74) is 2.50. The van der Waals surface area contributed by atoms with Crippen LogP contribution in [0, 0.1) is 5.92 Å². The zero-order valence-corrected chi connectivity index (χ0v) is 32.6. The molecule has 0 radical (unpaired) electrons. The van der Waals surface area contributed by atoms with E-state index < -0.39 is 0 Å². The summed E-state index contributed by atoms with van der Waals surface area (Å²) in [4.78, 5) is 2.14. The van der Waals surface area contributed by atoms with Crippen molar-refractivity contribution in [3.05, 3.63) is 59.7 Å². The van der Waals surface area contributed by atoms with Crippen LogP contribution >= 0.6 is 75.8 Å². The second-order valence-corrected chi connectivity index (χ2v) is 15.5. The summed E-state index contributed by atoms with van der Waals surface area (Å²) in [6.07, 6.45) is 25.6. The smallest absolute Gasteiger partial charge is 0.0377 e. The van der Waals surface area contributed by atoms with E-state index in [1.165, 1.54) is 127 Å². The summed E-state index contributed by atoms with van der Waals surface area (Å²) in [7, 11) is 0. The van der Waals surface area contributed by atoms with Crippen molar-refractivity contribution < 1.29 is 0 Å². The lowest BCUT2D eigenvalue weighted by molar-refractivity contribution is 0.197. The van der Waals surface area contributed by atoms with E-state index in [9.17, 15) is 0 Å². The molecule has 0 fully saturated rings. The summed E-state index contributed by atoms with van der Waals surface area (Å²) in [5, 5.41) is 0.0440. The van der Waals surface area contributed by atoms with Crippen LogP contribution in [0.15, 0.2) is 58.3 Å². The van der Waals surface area contributed by atoms with Crippen molar-refractivity contribution in [2.45, 2.75) is 149 Å². The first-order chi connectivity index (χ1) is 21.5. The highest BCUT2D eigenvalue weighted by atomic mass is 32.1. The van der Waals surface area contributed by atoms with Crippen LogP contribution in [0.4, 0.5) is 0 Å². The SMILES string of the molecule is SCCCCCCCCCCC(CCCS)C(CCCCCCCCCCS)(c1ccccc1S)C(S)c1ccccc1S. The number of unbranched alkanes of at least 4 members (excludes halogenated alkanes) is 14. The first-order valence-electron chi connectivity index (χ1n) is 17.6. The zero-order valence-electron chi connectivity index (χ0n) is 27.2.